The number of quaternary nitrogens is 1. The standard InChI is InChI=1S/C18H20F2N2O/c1-2-22(13-14-6-4-3-5-7-14)11-10-18(23)21-15-8-9-16(19)17(20)12-15/h3-9,12H,2,10-11,13H2,1H3,(H,21,23)/p+1. The van der Waals surface area contributed by atoms with Crippen LogP contribution in [0, 0.1) is 11.6 Å². The van der Waals surface area contributed by atoms with Crippen LogP contribution in [0.25, 0.3) is 0 Å². The number of anilines is 1. The highest BCUT2D eigenvalue weighted by Crippen LogP contribution is 2.13. The normalized spacial score (nSPS) is 12.0. The average molecular weight is 319 g/mol. The zero-order chi connectivity index (χ0) is 16.7. The first-order valence-electron chi connectivity index (χ1n) is 7.71. The molecule has 122 valence electrons. The van der Waals surface area contributed by atoms with Crippen LogP contribution >= 0.6 is 0 Å². The van der Waals surface area contributed by atoms with Gasteiger partial charge in [0.05, 0.1) is 19.5 Å². The average Bonchev–Trinajstić information content (AvgIpc) is 2.56. The number of carbonyl (C=O) groups is 1. The van der Waals surface area contributed by atoms with E-state index in [1.54, 1.807) is 0 Å². The molecule has 0 fully saturated rings. The van der Waals surface area contributed by atoms with Gasteiger partial charge in [0.25, 0.3) is 0 Å². The number of benzene rings is 2. The van der Waals surface area contributed by atoms with Gasteiger partial charge >= 0.3 is 0 Å². The Hall–Kier alpha value is -2.27. The molecule has 0 aliphatic carbocycles. The van der Waals surface area contributed by atoms with Crippen molar-refractivity contribution in [1.29, 1.82) is 0 Å². The summed E-state index contributed by atoms with van der Waals surface area (Å²) >= 11 is 0. The lowest BCUT2D eigenvalue weighted by molar-refractivity contribution is -0.911. The van der Waals surface area contributed by atoms with E-state index in [2.05, 4.69) is 24.4 Å². The minimum Gasteiger partial charge on any atom is -0.331 e. The van der Waals surface area contributed by atoms with Crippen molar-refractivity contribution in [3.63, 3.8) is 0 Å². The third-order valence-electron chi connectivity index (χ3n) is 3.71. The molecule has 5 heteroatoms. The molecule has 0 radical (unpaired) electrons. The lowest BCUT2D eigenvalue weighted by Gasteiger charge is -2.17. The lowest BCUT2D eigenvalue weighted by atomic mass is 10.2. The molecular weight excluding hydrogens is 298 g/mol. The van der Waals surface area contributed by atoms with Gasteiger partial charge in [0.2, 0.25) is 5.91 Å². The molecule has 1 atom stereocenters. The smallest absolute Gasteiger partial charge is 0.230 e. The van der Waals surface area contributed by atoms with Crippen molar-refractivity contribution in [2.45, 2.75) is 19.9 Å². The van der Waals surface area contributed by atoms with E-state index in [0.717, 1.165) is 25.2 Å². The quantitative estimate of drug-likeness (QED) is 0.807. The Morgan fingerprint density at radius 3 is 2.48 bits per heavy atom. The Morgan fingerprint density at radius 2 is 1.83 bits per heavy atom. The SMILES string of the molecule is CC[NH+](CCC(=O)Nc1ccc(F)c(F)c1)Cc1ccccc1. The van der Waals surface area contributed by atoms with Crippen molar-refractivity contribution in [1.82, 2.24) is 0 Å². The van der Waals surface area contributed by atoms with Crippen molar-refractivity contribution in [3.8, 4) is 0 Å². The fraction of sp³-hybridized carbons (Fsp3) is 0.278. The van der Waals surface area contributed by atoms with Gasteiger partial charge in [-0.15, -0.1) is 0 Å². The Morgan fingerprint density at radius 1 is 1.09 bits per heavy atom. The zero-order valence-electron chi connectivity index (χ0n) is 13.1. The highest BCUT2D eigenvalue weighted by molar-refractivity contribution is 5.90. The summed E-state index contributed by atoms with van der Waals surface area (Å²) in [6, 6.07) is 13.4. The second kappa shape index (κ2) is 8.39. The van der Waals surface area contributed by atoms with Crippen LogP contribution in [0.1, 0.15) is 18.9 Å². The fourth-order valence-electron chi connectivity index (χ4n) is 2.36. The summed E-state index contributed by atoms with van der Waals surface area (Å²) in [5.41, 5.74) is 1.50. The maximum absolute atomic E-state index is 13.1. The molecule has 2 aromatic rings. The van der Waals surface area contributed by atoms with Gasteiger partial charge in [0, 0.05) is 17.3 Å². The molecule has 0 saturated heterocycles. The number of carbonyl (C=O) groups excluding carboxylic acids is 1. The van der Waals surface area contributed by atoms with Gasteiger partial charge in [0.15, 0.2) is 11.6 Å². The van der Waals surface area contributed by atoms with Crippen LogP contribution in [0.3, 0.4) is 0 Å². The molecule has 2 N–H and O–H groups in total. The summed E-state index contributed by atoms with van der Waals surface area (Å²) < 4.78 is 26.0. The summed E-state index contributed by atoms with van der Waals surface area (Å²) in [6.07, 6.45) is 0.328. The topological polar surface area (TPSA) is 33.5 Å². The Bertz CT molecular complexity index is 647. The van der Waals surface area contributed by atoms with Crippen LogP contribution < -0.4 is 10.2 Å². The van der Waals surface area contributed by atoms with Crippen LogP contribution in [0.4, 0.5) is 14.5 Å². The summed E-state index contributed by atoms with van der Waals surface area (Å²) in [4.78, 5) is 13.2. The van der Waals surface area contributed by atoms with Gasteiger partial charge in [-0.1, -0.05) is 30.3 Å². The van der Waals surface area contributed by atoms with Gasteiger partial charge in [0.1, 0.15) is 6.54 Å². The first kappa shape index (κ1) is 17.1. The second-order valence-electron chi connectivity index (χ2n) is 5.44. The maximum Gasteiger partial charge on any atom is 0.230 e. The van der Waals surface area contributed by atoms with E-state index in [1.165, 1.54) is 16.5 Å². The fourth-order valence-corrected chi connectivity index (χ4v) is 2.36. The minimum absolute atomic E-state index is 0.199. The number of amides is 1. The molecule has 0 bridgehead atoms. The Kier molecular flexibility index (Phi) is 6.23. The molecule has 0 spiro atoms. The third-order valence-corrected chi connectivity index (χ3v) is 3.71. The molecule has 0 aromatic heterocycles. The van der Waals surface area contributed by atoms with E-state index in [4.69, 9.17) is 0 Å². The van der Waals surface area contributed by atoms with Gasteiger partial charge < -0.3 is 10.2 Å². The zero-order valence-corrected chi connectivity index (χ0v) is 13.1. The summed E-state index contributed by atoms with van der Waals surface area (Å²) in [5, 5.41) is 2.59. The van der Waals surface area contributed by atoms with Crippen molar-refractivity contribution >= 4 is 11.6 Å². The predicted molar refractivity (Wildman–Crippen MR) is 86.1 cm³/mol. The number of hydrogen-bond donors (Lipinski definition) is 2. The van der Waals surface area contributed by atoms with Crippen molar-refractivity contribution in [2.24, 2.45) is 0 Å². The molecule has 23 heavy (non-hydrogen) atoms. The van der Waals surface area contributed by atoms with Gasteiger partial charge in [-0.3, -0.25) is 4.79 Å². The van der Waals surface area contributed by atoms with Crippen LogP contribution in [-0.4, -0.2) is 19.0 Å². The summed E-state index contributed by atoms with van der Waals surface area (Å²) in [7, 11) is 0. The van der Waals surface area contributed by atoms with Crippen molar-refractivity contribution < 1.29 is 18.5 Å². The summed E-state index contributed by atoms with van der Waals surface area (Å²) in [5.74, 6) is -2.09. The van der Waals surface area contributed by atoms with E-state index < -0.39 is 11.6 Å². The molecule has 3 nitrogen and oxygen atoms in total. The van der Waals surface area contributed by atoms with Gasteiger partial charge in [-0.05, 0) is 19.1 Å². The molecule has 0 aliphatic heterocycles. The van der Waals surface area contributed by atoms with Gasteiger partial charge in [-0.2, -0.15) is 0 Å². The van der Waals surface area contributed by atoms with E-state index in [-0.39, 0.29) is 11.6 Å². The second-order valence-corrected chi connectivity index (χ2v) is 5.44. The van der Waals surface area contributed by atoms with Crippen molar-refractivity contribution in [3.05, 3.63) is 65.7 Å². The molecular formula is C18H21F2N2O+. The monoisotopic (exact) mass is 319 g/mol. The number of nitrogens with one attached hydrogen (secondary N) is 2. The molecule has 0 heterocycles. The van der Waals surface area contributed by atoms with Crippen LogP contribution in [-0.2, 0) is 11.3 Å². The first-order valence-corrected chi connectivity index (χ1v) is 7.71. The highest BCUT2D eigenvalue weighted by Gasteiger charge is 2.11. The van der Waals surface area contributed by atoms with E-state index in [9.17, 15) is 13.6 Å². The first-order chi connectivity index (χ1) is 11.1. The van der Waals surface area contributed by atoms with E-state index >= 15 is 0 Å². The highest BCUT2D eigenvalue weighted by atomic mass is 19.2. The molecule has 1 amide bonds. The van der Waals surface area contributed by atoms with E-state index in [0.29, 0.717) is 13.0 Å². The van der Waals surface area contributed by atoms with Crippen molar-refractivity contribution in [2.75, 3.05) is 18.4 Å². The molecule has 1 unspecified atom stereocenters. The van der Waals surface area contributed by atoms with E-state index in [1.807, 2.05) is 18.2 Å². The Labute approximate surface area is 134 Å². The molecule has 2 rings (SSSR count). The third kappa shape index (κ3) is 5.45. The molecule has 0 aliphatic rings. The predicted octanol–water partition coefficient (Wildman–Crippen LogP) is 2.40. The van der Waals surface area contributed by atoms with Crippen LogP contribution in [0.5, 0.6) is 0 Å². The van der Waals surface area contributed by atoms with Crippen LogP contribution in [0.2, 0.25) is 0 Å². The number of halogens is 2. The Balaban J connectivity index is 1.83. The molecule has 0 saturated carbocycles. The van der Waals surface area contributed by atoms with Gasteiger partial charge in [-0.25, -0.2) is 8.78 Å². The molecule has 2 aromatic carbocycles. The maximum atomic E-state index is 13.1. The number of rotatable bonds is 7. The lowest BCUT2D eigenvalue weighted by Crippen LogP contribution is -3.10. The van der Waals surface area contributed by atoms with Crippen LogP contribution in [0.15, 0.2) is 48.5 Å². The largest absolute Gasteiger partial charge is 0.331 e. The summed E-state index contributed by atoms with van der Waals surface area (Å²) in [6.45, 7) is 4.52. The minimum atomic E-state index is -0.965. The number of hydrogen-bond acceptors (Lipinski definition) is 1.